The van der Waals surface area contributed by atoms with Gasteiger partial charge in [-0.2, -0.15) is 0 Å². The lowest BCUT2D eigenvalue weighted by atomic mass is 10.2. The number of halogens is 1. The van der Waals surface area contributed by atoms with Crippen molar-refractivity contribution in [3.63, 3.8) is 0 Å². The maximum atomic E-state index is 10.8. The van der Waals surface area contributed by atoms with Crippen LogP contribution in [0.5, 0.6) is 0 Å². The van der Waals surface area contributed by atoms with E-state index in [0.717, 1.165) is 0 Å². The van der Waals surface area contributed by atoms with E-state index in [1.54, 1.807) is 13.8 Å². The van der Waals surface area contributed by atoms with Gasteiger partial charge in [0.1, 0.15) is 0 Å². The molecule has 1 atom stereocenters. The van der Waals surface area contributed by atoms with Crippen molar-refractivity contribution in [2.75, 3.05) is 0 Å². The van der Waals surface area contributed by atoms with E-state index < -0.39 is 11.7 Å². The number of rotatable bonds is 3. The van der Waals surface area contributed by atoms with Crippen LogP contribution in [0.1, 0.15) is 27.7 Å². The molecule has 0 rings (SSSR count). The minimum absolute atomic E-state index is 0.0892. The van der Waals surface area contributed by atoms with Crippen LogP contribution in [0.25, 0.3) is 0 Å². The molecule has 0 aromatic heterocycles. The highest BCUT2D eigenvalue weighted by molar-refractivity contribution is 6.20. The zero-order chi connectivity index (χ0) is 9.72. The lowest BCUT2D eigenvalue weighted by Crippen LogP contribution is -2.21. The van der Waals surface area contributed by atoms with Crippen molar-refractivity contribution in [3.8, 4) is 0 Å². The summed E-state index contributed by atoms with van der Waals surface area (Å²) in [6.07, 6.45) is -0.882. The Bertz CT molecular complexity index is 145. The van der Waals surface area contributed by atoms with Crippen molar-refractivity contribution in [2.24, 2.45) is 5.92 Å². The van der Waals surface area contributed by atoms with Gasteiger partial charge in [0.05, 0.1) is 6.10 Å². The van der Waals surface area contributed by atoms with Crippen LogP contribution in [0.4, 0.5) is 4.79 Å². The second-order valence-corrected chi connectivity index (χ2v) is 3.56. The first-order valence-corrected chi connectivity index (χ1v) is 4.38. The lowest BCUT2D eigenvalue weighted by Gasteiger charge is -2.15. The molecular weight excluding hydrogens is 180 g/mol. The highest BCUT2D eigenvalue weighted by Gasteiger charge is 2.16. The average molecular weight is 195 g/mol. The van der Waals surface area contributed by atoms with E-state index in [1.165, 1.54) is 0 Å². The highest BCUT2D eigenvalue weighted by Crippen LogP contribution is 2.11. The molecule has 0 saturated carbocycles. The Balaban J connectivity index is 3.69. The fourth-order valence-electron chi connectivity index (χ4n) is 0.448. The Morgan fingerprint density at radius 1 is 1.17 bits per heavy atom. The predicted molar refractivity (Wildman–Crippen MR) is 47.2 cm³/mol. The van der Waals surface area contributed by atoms with Crippen LogP contribution < -0.4 is 0 Å². The van der Waals surface area contributed by atoms with Gasteiger partial charge in [0.2, 0.25) is 0 Å². The van der Waals surface area contributed by atoms with E-state index >= 15 is 0 Å². The number of hydrogen-bond acceptors (Lipinski definition) is 3. The molecule has 0 aliphatic heterocycles. The molecule has 0 aromatic rings. The fraction of sp³-hybridized carbons (Fsp3) is 0.875. The van der Waals surface area contributed by atoms with Crippen molar-refractivity contribution in [2.45, 2.75) is 39.4 Å². The van der Waals surface area contributed by atoms with Gasteiger partial charge in [-0.25, -0.2) is 4.79 Å². The summed E-state index contributed by atoms with van der Waals surface area (Å²) in [6.45, 7) is 7.22. The molecule has 0 bridgehead atoms. The minimum Gasteiger partial charge on any atom is -0.432 e. The molecule has 0 heterocycles. The van der Waals surface area contributed by atoms with E-state index in [0.29, 0.717) is 0 Å². The van der Waals surface area contributed by atoms with Crippen LogP contribution >= 0.6 is 11.6 Å². The van der Waals surface area contributed by atoms with Crippen LogP contribution in [-0.2, 0) is 9.47 Å². The summed E-state index contributed by atoms with van der Waals surface area (Å²) < 4.78 is 9.45. The van der Waals surface area contributed by atoms with Crippen molar-refractivity contribution in [1.29, 1.82) is 0 Å². The molecule has 0 amide bonds. The first kappa shape index (κ1) is 11.6. The van der Waals surface area contributed by atoms with Gasteiger partial charge in [-0.05, 0) is 13.8 Å². The molecule has 0 radical (unpaired) electrons. The zero-order valence-electron chi connectivity index (χ0n) is 7.83. The topological polar surface area (TPSA) is 35.5 Å². The number of carbonyl (C=O) groups is 1. The van der Waals surface area contributed by atoms with Crippen molar-refractivity contribution in [3.05, 3.63) is 0 Å². The lowest BCUT2D eigenvalue weighted by molar-refractivity contribution is 0.0173. The Morgan fingerprint density at radius 2 is 1.67 bits per heavy atom. The van der Waals surface area contributed by atoms with Gasteiger partial charge < -0.3 is 9.47 Å². The van der Waals surface area contributed by atoms with Crippen LogP contribution in [0.3, 0.4) is 0 Å². The summed E-state index contributed by atoms with van der Waals surface area (Å²) >= 11 is 5.67. The van der Waals surface area contributed by atoms with Crippen molar-refractivity contribution < 1.29 is 14.3 Å². The van der Waals surface area contributed by atoms with Gasteiger partial charge in [0.15, 0.2) is 5.56 Å². The maximum absolute atomic E-state index is 10.8. The Labute approximate surface area is 78.0 Å². The maximum Gasteiger partial charge on any atom is 0.510 e. The van der Waals surface area contributed by atoms with Gasteiger partial charge in [0.25, 0.3) is 0 Å². The minimum atomic E-state index is -0.710. The molecule has 0 N–H and O–H groups in total. The molecule has 12 heavy (non-hydrogen) atoms. The number of ether oxygens (including phenoxy) is 2. The van der Waals surface area contributed by atoms with Gasteiger partial charge in [-0.1, -0.05) is 25.4 Å². The number of carbonyl (C=O) groups excluding carboxylic acids is 1. The number of hydrogen-bond donors (Lipinski definition) is 0. The average Bonchev–Trinajstić information content (AvgIpc) is 1.84. The highest BCUT2D eigenvalue weighted by atomic mass is 35.5. The summed E-state index contributed by atoms with van der Waals surface area (Å²) in [7, 11) is 0. The van der Waals surface area contributed by atoms with Crippen molar-refractivity contribution in [1.82, 2.24) is 0 Å². The quantitative estimate of drug-likeness (QED) is 0.512. The fourth-order valence-corrected chi connectivity index (χ4v) is 0.521. The van der Waals surface area contributed by atoms with Gasteiger partial charge in [0, 0.05) is 5.92 Å². The third-order valence-electron chi connectivity index (χ3n) is 1.06. The van der Waals surface area contributed by atoms with Gasteiger partial charge >= 0.3 is 6.16 Å². The SMILES string of the molecule is CC(C)OC(=O)O[C@@H](Cl)C(C)C. The molecule has 0 aromatic carbocycles. The first-order chi connectivity index (χ1) is 5.43. The molecule has 0 saturated heterocycles. The van der Waals surface area contributed by atoms with Crippen LogP contribution in [-0.4, -0.2) is 17.8 Å². The third-order valence-corrected chi connectivity index (χ3v) is 1.66. The second-order valence-electron chi connectivity index (χ2n) is 3.13. The molecule has 3 nitrogen and oxygen atoms in total. The largest absolute Gasteiger partial charge is 0.510 e. The van der Waals surface area contributed by atoms with E-state index in [9.17, 15) is 4.79 Å². The van der Waals surface area contributed by atoms with E-state index in [2.05, 4.69) is 0 Å². The van der Waals surface area contributed by atoms with E-state index in [-0.39, 0.29) is 12.0 Å². The summed E-state index contributed by atoms with van der Waals surface area (Å²) in [5, 5.41) is 0. The normalized spacial score (nSPS) is 13.2. The van der Waals surface area contributed by atoms with Gasteiger partial charge in [-0.15, -0.1) is 0 Å². The Kier molecular flexibility index (Phi) is 5.06. The van der Waals surface area contributed by atoms with E-state index in [1.807, 2.05) is 13.8 Å². The monoisotopic (exact) mass is 194 g/mol. The predicted octanol–water partition coefficient (Wildman–Crippen LogP) is 2.77. The van der Waals surface area contributed by atoms with Gasteiger partial charge in [-0.3, -0.25) is 0 Å². The van der Waals surface area contributed by atoms with Crippen LogP contribution in [0.15, 0.2) is 0 Å². The molecule has 0 spiro atoms. The molecular formula is C8H15ClO3. The smallest absolute Gasteiger partial charge is 0.432 e. The molecule has 0 aliphatic rings. The standard InChI is InChI=1S/C8H15ClO3/c1-5(2)7(9)12-8(10)11-6(3)4/h5-7H,1-4H3/t7-/m1/s1. The number of alkyl halides is 1. The molecule has 0 aliphatic carbocycles. The summed E-state index contributed by atoms with van der Waals surface area (Å²) in [5.41, 5.74) is -0.615. The summed E-state index contributed by atoms with van der Waals surface area (Å²) in [6, 6.07) is 0. The molecule has 0 unspecified atom stereocenters. The molecule has 4 heteroatoms. The Hall–Kier alpha value is -0.440. The second kappa shape index (κ2) is 5.25. The van der Waals surface area contributed by atoms with E-state index in [4.69, 9.17) is 21.1 Å². The molecule has 0 fully saturated rings. The summed E-state index contributed by atoms with van der Waals surface area (Å²) in [5.74, 6) is 0.0892. The first-order valence-electron chi connectivity index (χ1n) is 3.94. The zero-order valence-corrected chi connectivity index (χ0v) is 8.59. The molecule has 72 valence electrons. The summed E-state index contributed by atoms with van der Waals surface area (Å²) in [4.78, 5) is 10.8. The third kappa shape index (κ3) is 5.24. The van der Waals surface area contributed by atoms with Crippen LogP contribution in [0.2, 0.25) is 0 Å². The van der Waals surface area contributed by atoms with Crippen molar-refractivity contribution >= 4 is 17.8 Å². The Morgan fingerprint density at radius 3 is 2.00 bits per heavy atom. The van der Waals surface area contributed by atoms with Crippen LogP contribution in [0, 0.1) is 5.92 Å².